The molecule has 44 heavy (non-hydrogen) atoms. The Bertz CT molecular complexity index is 931. The number of carboxylic acids is 4. The maximum Gasteiger partial charge on any atom is 0.317 e. The van der Waals surface area contributed by atoms with Crippen molar-refractivity contribution in [1.29, 1.82) is 0 Å². The van der Waals surface area contributed by atoms with E-state index in [4.69, 9.17) is 14.9 Å². The Morgan fingerprint density at radius 3 is 1.59 bits per heavy atom. The standard InChI is InChI=1S/C27H46N4O13/c1-3-20(8-9-27(42)44-14-6-4-5-7-26(41)43-2)28-21(32)15-30(17-23(35)36)12-10-29(16-22(33)34)11-13-31(18-24(37)38)19-25(39)40/h20H,3-19H2,1-2H3,(H,28,32)(H,33,34)(H,35,36)(H,37,38)(H,39,40). The molecule has 17 nitrogen and oxygen atoms in total. The number of hydrogen-bond acceptors (Lipinski definition) is 12. The predicted molar refractivity (Wildman–Crippen MR) is 153 cm³/mol. The van der Waals surface area contributed by atoms with Crippen LogP contribution in [0.4, 0.5) is 0 Å². The molecular formula is C27H46N4O13. The Balaban J connectivity index is 4.87. The van der Waals surface area contributed by atoms with Crippen LogP contribution in [0.1, 0.15) is 51.9 Å². The topological polar surface area (TPSA) is 241 Å². The molecule has 0 saturated carbocycles. The predicted octanol–water partition coefficient (Wildman–Crippen LogP) is -0.818. The van der Waals surface area contributed by atoms with Gasteiger partial charge in [0.2, 0.25) is 5.91 Å². The van der Waals surface area contributed by atoms with Crippen LogP contribution in [0.2, 0.25) is 0 Å². The third-order valence-electron chi connectivity index (χ3n) is 6.34. The van der Waals surface area contributed by atoms with E-state index in [2.05, 4.69) is 10.1 Å². The highest BCUT2D eigenvalue weighted by atomic mass is 16.5. The Labute approximate surface area is 256 Å². The molecule has 1 unspecified atom stereocenters. The Morgan fingerprint density at radius 1 is 0.636 bits per heavy atom. The molecule has 0 aromatic carbocycles. The molecule has 0 aliphatic rings. The third kappa shape index (κ3) is 22.7. The summed E-state index contributed by atoms with van der Waals surface area (Å²) in [6, 6.07) is -0.375. The monoisotopic (exact) mass is 634 g/mol. The first-order valence-corrected chi connectivity index (χ1v) is 14.3. The van der Waals surface area contributed by atoms with Gasteiger partial charge in [0.05, 0.1) is 46.4 Å². The van der Waals surface area contributed by atoms with Crippen molar-refractivity contribution in [2.45, 2.75) is 57.9 Å². The van der Waals surface area contributed by atoms with Gasteiger partial charge in [-0.2, -0.15) is 0 Å². The second-order valence-electron chi connectivity index (χ2n) is 10.1. The fraction of sp³-hybridized carbons (Fsp3) is 0.741. The number of carbonyl (C=O) groups is 7. The van der Waals surface area contributed by atoms with Crippen molar-refractivity contribution in [3.8, 4) is 0 Å². The Morgan fingerprint density at radius 2 is 1.11 bits per heavy atom. The highest BCUT2D eigenvalue weighted by Crippen LogP contribution is 2.06. The summed E-state index contributed by atoms with van der Waals surface area (Å²) < 4.78 is 9.75. The van der Waals surface area contributed by atoms with Crippen molar-refractivity contribution in [2.75, 3.05) is 72.6 Å². The van der Waals surface area contributed by atoms with Gasteiger partial charge in [0.15, 0.2) is 0 Å². The van der Waals surface area contributed by atoms with Gasteiger partial charge in [-0.25, -0.2) is 0 Å². The average Bonchev–Trinajstić information content (AvgIpc) is 2.92. The number of hydrogen-bond donors (Lipinski definition) is 5. The number of nitrogens with one attached hydrogen (secondary N) is 1. The first-order valence-electron chi connectivity index (χ1n) is 14.3. The number of unbranched alkanes of at least 4 members (excludes halogenated alkanes) is 2. The van der Waals surface area contributed by atoms with Crippen LogP contribution in [-0.2, 0) is 43.0 Å². The van der Waals surface area contributed by atoms with Crippen molar-refractivity contribution >= 4 is 41.7 Å². The summed E-state index contributed by atoms with van der Waals surface area (Å²) >= 11 is 0. The summed E-state index contributed by atoms with van der Waals surface area (Å²) in [6.45, 7) is -0.491. The minimum atomic E-state index is -1.25. The number of ether oxygens (including phenoxy) is 2. The van der Waals surface area contributed by atoms with E-state index in [0.717, 1.165) is 4.90 Å². The summed E-state index contributed by atoms with van der Waals surface area (Å²) in [4.78, 5) is 84.5. The largest absolute Gasteiger partial charge is 0.480 e. The van der Waals surface area contributed by atoms with E-state index >= 15 is 0 Å². The van der Waals surface area contributed by atoms with E-state index in [9.17, 15) is 43.8 Å². The number of nitrogens with zero attached hydrogens (tertiary/aromatic N) is 3. The summed E-state index contributed by atoms with van der Waals surface area (Å²) in [5.74, 6) is -6.12. The van der Waals surface area contributed by atoms with Crippen LogP contribution in [0.3, 0.4) is 0 Å². The average molecular weight is 635 g/mol. The lowest BCUT2D eigenvalue weighted by Gasteiger charge is -2.28. The molecule has 252 valence electrons. The first-order chi connectivity index (χ1) is 20.7. The van der Waals surface area contributed by atoms with Crippen molar-refractivity contribution in [3.05, 3.63) is 0 Å². The molecule has 1 amide bonds. The summed E-state index contributed by atoms with van der Waals surface area (Å²) in [5.41, 5.74) is 0. The molecule has 0 bridgehead atoms. The number of esters is 2. The van der Waals surface area contributed by atoms with Gasteiger partial charge in [0.25, 0.3) is 0 Å². The first kappa shape index (κ1) is 40.2. The fourth-order valence-corrected chi connectivity index (χ4v) is 4.08. The summed E-state index contributed by atoms with van der Waals surface area (Å²) in [7, 11) is 1.32. The van der Waals surface area contributed by atoms with Crippen LogP contribution in [0.5, 0.6) is 0 Å². The number of carboxylic acid groups (broad SMARTS) is 4. The van der Waals surface area contributed by atoms with Gasteiger partial charge < -0.3 is 35.2 Å². The molecule has 5 N–H and O–H groups in total. The maximum atomic E-state index is 12.7. The van der Waals surface area contributed by atoms with Crippen LogP contribution >= 0.6 is 0 Å². The minimum Gasteiger partial charge on any atom is -0.480 e. The SMILES string of the molecule is CCC(CCC(=O)OCCCCCC(=O)OC)NC(=O)CN(CCN(CCN(CC(=O)O)CC(=O)O)CC(=O)O)CC(=O)O. The molecule has 0 heterocycles. The van der Waals surface area contributed by atoms with Crippen molar-refractivity contribution in [1.82, 2.24) is 20.0 Å². The van der Waals surface area contributed by atoms with Gasteiger partial charge in [-0.05, 0) is 32.1 Å². The van der Waals surface area contributed by atoms with E-state index < -0.39 is 61.9 Å². The highest BCUT2D eigenvalue weighted by molar-refractivity contribution is 5.79. The molecule has 0 aliphatic heterocycles. The van der Waals surface area contributed by atoms with E-state index in [1.165, 1.54) is 16.9 Å². The number of amides is 1. The third-order valence-corrected chi connectivity index (χ3v) is 6.34. The van der Waals surface area contributed by atoms with E-state index in [-0.39, 0.29) is 57.8 Å². The molecule has 1 atom stereocenters. The van der Waals surface area contributed by atoms with Gasteiger partial charge >= 0.3 is 35.8 Å². The molecule has 0 saturated heterocycles. The molecular weight excluding hydrogens is 588 g/mol. The number of methoxy groups -OCH3 is 1. The van der Waals surface area contributed by atoms with E-state index in [0.29, 0.717) is 38.5 Å². The normalized spacial score (nSPS) is 11.8. The number of carbonyl (C=O) groups excluding carboxylic acids is 3. The zero-order valence-corrected chi connectivity index (χ0v) is 25.4. The van der Waals surface area contributed by atoms with Crippen LogP contribution in [-0.4, -0.2) is 156 Å². The van der Waals surface area contributed by atoms with Gasteiger partial charge in [0.1, 0.15) is 0 Å². The molecule has 17 heteroatoms. The zero-order chi connectivity index (χ0) is 33.5. The van der Waals surface area contributed by atoms with Crippen molar-refractivity contribution in [2.24, 2.45) is 0 Å². The lowest BCUT2D eigenvalue weighted by Crippen LogP contribution is -2.47. The highest BCUT2D eigenvalue weighted by Gasteiger charge is 2.21. The van der Waals surface area contributed by atoms with Crippen molar-refractivity contribution in [3.63, 3.8) is 0 Å². The molecule has 0 spiro atoms. The van der Waals surface area contributed by atoms with Crippen LogP contribution < -0.4 is 5.32 Å². The molecule has 0 fully saturated rings. The number of rotatable bonds is 27. The molecule has 0 rings (SSSR count). The van der Waals surface area contributed by atoms with Gasteiger partial charge in [0, 0.05) is 45.1 Å². The Hall–Kier alpha value is -3.83. The van der Waals surface area contributed by atoms with E-state index in [1.54, 1.807) is 0 Å². The second kappa shape index (κ2) is 23.6. The van der Waals surface area contributed by atoms with Gasteiger partial charge in [-0.1, -0.05) is 6.92 Å². The van der Waals surface area contributed by atoms with Crippen LogP contribution in [0.25, 0.3) is 0 Å². The molecule has 0 aromatic rings. The Kier molecular flexibility index (Phi) is 21.5. The molecule has 0 radical (unpaired) electrons. The molecule has 0 aromatic heterocycles. The second-order valence-corrected chi connectivity index (χ2v) is 10.1. The van der Waals surface area contributed by atoms with E-state index in [1.807, 2.05) is 6.92 Å². The van der Waals surface area contributed by atoms with Crippen molar-refractivity contribution < 1.29 is 63.5 Å². The lowest BCUT2D eigenvalue weighted by molar-refractivity contribution is -0.145. The summed E-state index contributed by atoms with van der Waals surface area (Å²) in [6.07, 6.45) is 3.09. The fourth-order valence-electron chi connectivity index (χ4n) is 4.08. The minimum absolute atomic E-state index is 0.00653. The number of aliphatic carboxylic acids is 4. The maximum absolute atomic E-state index is 12.7. The smallest absolute Gasteiger partial charge is 0.317 e. The lowest BCUT2D eigenvalue weighted by atomic mass is 10.1. The van der Waals surface area contributed by atoms with Crippen LogP contribution in [0, 0.1) is 0 Å². The molecule has 0 aliphatic carbocycles. The quantitative estimate of drug-likeness (QED) is 0.0548. The van der Waals surface area contributed by atoms with Gasteiger partial charge in [-0.3, -0.25) is 48.3 Å². The zero-order valence-electron chi connectivity index (χ0n) is 25.4. The van der Waals surface area contributed by atoms with Crippen LogP contribution in [0.15, 0.2) is 0 Å². The summed E-state index contributed by atoms with van der Waals surface area (Å²) in [5, 5.41) is 39.3. The van der Waals surface area contributed by atoms with Gasteiger partial charge in [-0.15, -0.1) is 0 Å².